The van der Waals surface area contributed by atoms with Crippen molar-refractivity contribution in [2.45, 2.75) is 0 Å². The van der Waals surface area contributed by atoms with Gasteiger partial charge < -0.3 is 24.0 Å². The number of hydrogen-bond donors (Lipinski definition) is 0. The highest BCUT2D eigenvalue weighted by Crippen LogP contribution is 2.31. The highest BCUT2D eigenvalue weighted by molar-refractivity contribution is 5.98. The summed E-state index contributed by atoms with van der Waals surface area (Å²) in [5.74, 6) is 2.19. The van der Waals surface area contributed by atoms with Gasteiger partial charge in [0, 0.05) is 32.2 Å². The third kappa shape index (κ3) is 4.33. The summed E-state index contributed by atoms with van der Waals surface area (Å²) in [6, 6.07) is 8.97. The summed E-state index contributed by atoms with van der Waals surface area (Å²) in [5, 5.41) is 8.15. The van der Waals surface area contributed by atoms with Crippen molar-refractivity contribution in [3.8, 4) is 17.4 Å². The standard InChI is InChI=1S/C18H22N4O4.ClH/c1-24-14-6-4-5-13(17(14)26-3)18(23)22-11-9-21(10-12-22)15-7-8-16(25-2)20-19-15;/h4-8H,9-12H2,1-3H3;1H. The SMILES string of the molecule is COc1ccc(N2CCN(C(=O)c3cccc(OC)c3OC)CC2)nn1.Cl. The van der Waals surface area contributed by atoms with Crippen molar-refractivity contribution >= 4 is 24.1 Å². The number of carbonyl (C=O) groups is 1. The Balaban J connectivity index is 0.00000261. The minimum absolute atomic E-state index is 0. The number of aromatic nitrogens is 2. The Morgan fingerprint density at radius 2 is 1.67 bits per heavy atom. The topological polar surface area (TPSA) is 77.0 Å². The van der Waals surface area contributed by atoms with Gasteiger partial charge in [-0.3, -0.25) is 4.79 Å². The Morgan fingerprint density at radius 1 is 0.926 bits per heavy atom. The Labute approximate surface area is 164 Å². The smallest absolute Gasteiger partial charge is 0.257 e. The average Bonchev–Trinajstić information content (AvgIpc) is 2.72. The van der Waals surface area contributed by atoms with E-state index in [0.717, 1.165) is 5.82 Å². The zero-order valence-corrected chi connectivity index (χ0v) is 16.4. The first-order valence-corrected chi connectivity index (χ1v) is 8.31. The molecule has 0 N–H and O–H groups in total. The maximum Gasteiger partial charge on any atom is 0.257 e. The first kappa shape index (κ1) is 20.6. The lowest BCUT2D eigenvalue weighted by atomic mass is 10.1. The van der Waals surface area contributed by atoms with Gasteiger partial charge in [0.15, 0.2) is 17.3 Å². The lowest BCUT2D eigenvalue weighted by molar-refractivity contribution is 0.0742. The second-order valence-corrected chi connectivity index (χ2v) is 5.75. The van der Waals surface area contributed by atoms with Gasteiger partial charge in [-0.05, 0) is 18.2 Å². The van der Waals surface area contributed by atoms with Gasteiger partial charge in [0.1, 0.15) is 0 Å². The molecule has 0 aliphatic carbocycles. The first-order chi connectivity index (χ1) is 12.7. The minimum Gasteiger partial charge on any atom is -0.493 e. The zero-order chi connectivity index (χ0) is 18.5. The van der Waals surface area contributed by atoms with Gasteiger partial charge in [-0.1, -0.05) is 6.07 Å². The highest BCUT2D eigenvalue weighted by atomic mass is 35.5. The van der Waals surface area contributed by atoms with Crippen molar-refractivity contribution in [2.75, 3.05) is 52.4 Å². The predicted molar refractivity (Wildman–Crippen MR) is 103 cm³/mol. The summed E-state index contributed by atoms with van der Waals surface area (Å²) in [5.41, 5.74) is 0.504. The number of amides is 1. The molecule has 2 aromatic rings. The van der Waals surface area contributed by atoms with E-state index in [-0.39, 0.29) is 18.3 Å². The molecular weight excluding hydrogens is 372 g/mol. The molecule has 1 aliphatic heterocycles. The third-order valence-electron chi connectivity index (χ3n) is 4.36. The summed E-state index contributed by atoms with van der Waals surface area (Å²) in [7, 11) is 4.65. The Kier molecular flexibility index (Phi) is 7.06. The molecule has 0 atom stereocenters. The molecule has 146 valence electrons. The summed E-state index contributed by atoms with van der Waals surface area (Å²) >= 11 is 0. The average molecular weight is 395 g/mol. The molecule has 9 heteroatoms. The number of halogens is 1. The molecule has 1 aromatic heterocycles. The number of piperazine rings is 1. The molecule has 27 heavy (non-hydrogen) atoms. The Bertz CT molecular complexity index is 764. The van der Waals surface area contributed by atoms with Crippen LogP contribution in [0.15, 0.2) is 30.3 Å². The van der Waals surface area contributed by atoms with Gasteiger partial charge in [-0.15, -0.1) is 22.6 Å². The number of rotatable bonds is 5. The van der Waals surface area contributed by atoms with Gasteiger partial charge in [-0.2, -0.15) is 0 Å². The van der Waals surface area contributed by atoms with E-state index >= 15 is 0 Å². The van der Waals surface area contributed by atoms with E-state index in [1.165, 1.54) is 7.11 Å². The van der Waals surface area contributed by atoms with Crippen LogP contribution in [0.2, 0.25) is 0 Å². The molecule has 0 spiro atoms. The van der Waals surface area contributed by atoms with Gasteiger partial charge in [0.2, 0.25) is 5.88 Å². The Morgan fingerprint density at radius 3 is 2.22 bits per heavy atom. The molecule has 3 rings (SSSR count). The van der Waals surface area contributed by atoms with Crippen LogP contribution in [0, 0.1) is 0 Å². The normalized spacial score (nSPS) is 13.6. The van der Waals surface area contributed by atoms with Crippen molar-refractivity contribution in [2.24, 2.45) is 0 Å². The second-order valence-electron chi connectivity index (χ2n) is 5.75. The summed E-state index contributed by atoms with van der Waals surface area (Å²) in [6.07, 6.45) is 0. The maximum atomic E-state index is 12.9. The quantitative estimate of drug-likeness (QED) is 0.766. The van der Waals surface area contributed by atoms with E-state index in [9.17, 15) is 4.79 Å². The molecule has 1 aromatic carbocycles. The number of ether oxygens (including phenoxy) is 3. The van der Waals surface area contributed by atoms with Crippen molar-refractivity contribution in [3.63, 3.8) is 0 Å². The van der Waals surface area contributed by atoms with Crippen LogP contribution < -0.4 is 19.1 Å². The van der Waals surface area contributed by atoms with Crippen LogP contribution in [0.5, 0.6) is 17.4 Å². The lowest BCUT2D eigenvalue weighted by Crippen LogP contribution is -2.49. The number of methoxy groups -OCH3 is 3. The number of carbonyl (C=O) groups excluding carboxylic acids is 1. The van der Waals surface area contributed by atoms with Crippen LogP contribution in [-0.4, -0.2) is 68.5 Å². The lowest BCUT2D eigenvalue weighted by Gasteiger charge is -2.35. The van der Waals surface area contributed by atoms with Crippen LogP contribution in [0.1, 0.15) is 10.4 Å². The Hall–Kier alpha value is -2.74. The fourth-order valence-corrected chi connectivity index (χ4v) is 2.96. The second kappa shape index (κ2) is 9.27. The van der Waals surface area contributed by atoms with Gasteiger partial charge >= 0.3 is 0 Å². The fourth-order valence-electron chi connectivity index (χ4n) is 2.96. The number of hydrogen-bond acceptors (Lipinski definition) is 7. The molecule has 0 bridgehead atoms. The molecule has 1 amide bonds. The number of para-hydroxylation sites is 1. The number of nitrogens with zero attached hydrogens (tertiary/aromatic N) is 4. The molecular formula is C18H23ClN4O4. The maximum absolute atomic E-state index is 12.9. The van der Waals surface area contributed by atoms with Crippen LogP contribution in [0.4, 0.5) is 5.82 Å². The third-order valence-corrected chi connectivity index (χ3v) is 4.36. The van der Waals surface area contributed by atoms with E-state index in [4.69, 9.17) is 14.2 Å². The molecule has 0 saturated carbocycles. The summed E-state index contributed by atoms with van der Waals surface area (Å²) in [4.78, 5) is 16.8. The molecule has 0 radical (unpaired) electrons. The van der Waals surface area contributed by atoms with Gasteiger partial charge in [0.25, 0.3) is 5.91 Å². The van der Waals surface area contributed by atoms with Crippen LogP contribution in [0.25, 0.3) is 0 Å². The monoisotopic (exact) mass is 394 g/mol. The molecule has 8 nitrogen and oxygen atoms in total. The van der Waals surface area contributed by atoms with Crippen LogP contribution in [0.3, 0.4) is 0 Å². The number of benzene rings is 1. The highest BCUT2D eigenvalue weighted by Gasteiger charge is 2.26. The van der Waals surface area contributed by atoms with Crippen molar-refractivity contribution in [1.29, 1.82) is 0 Å². The van der Waals surface area contributed by atoms with Crippen LogP contribution in [-0.2, 0) is 0 Å². The van der Waals surface area contributed by atoms with E-state index in [2.05, 4.69) is 15.1 Å². The fraction of sp³-hybridized carbons (Fsp3) is 0.389. The number of anilines is 1. The van der Waals surface area contributed by atoms with E-state index < -0.39 is 0 Å². The minimum atomic E-state index is -0.0683. The molecule has 1 aliphatic rings. The van der Waals surface area contributed by atoms with Crippen molar-refractivity contribution in [3.05, 3.63) is 35.9 Å². The summed E-state index contributed by atoms with van der Waals surface area (Å²) < 4.78 is 15.7. The van der Waals surface area contributed by atoms with E-state index in [1.807, 2.05) is 11.0 Å². The van der Waals surface area contributed by atoms with Gasteiger partial charge in [0.05, 0.1) is 26.9 Å². The summed E-state index contributed by atoms with van der Waals surface area (Å²) in [6.45, 7) is 2.54. The van der Waals surface area contributed by atoms with E-state index in [0.29, 0.717) is 49.1 Å². The van der Waals surface area contributed by atoms with Crippen molar-refractivity contribution in [1.82, 2.24) is 15.1 Å². The van der Waals surface area contributed by atoms with Crippen molar-refractivity contribution < 1.29 is 19.0 Å². The predicted octanol–water partition coefficient (Wildman–Crippen LogP) is 1.89. The largest absolute Gasteiger partial charge is 0.493 e. The zero-order valence-electron chi connectivity index (χ0n) is 15.5. The first-order valence-electron chi connectivity index (χ1n) is 8.31. The molecule has 2 heterocycles. The van der Waals surface area contributed by atoms with E-state index in [1.54, 1.807) is 38.5 Å². The van der Waals surface area contributed by atoms with Gasteiger partial charge in [-0.25, -0.2) is 0 Å². The van der Waals surface area contributed by atoms with Crippen LogP contribution >= 0.6 is 12.4 Å². The molecule has 1 saturated heterocycles. The molecule has 0 unspecified atom stereocenters. The molecule has 1 fully saturated rings.